The first-order chi connectivity index (χ1) is 18.2. The fourth-order valence-electron chi connectivity index (χ4n) is 3.98. The molecule has 5 rings (SSSR count). The van der Waals surface area contributed by atoms with E-state index in [1.807, 2.05) is 36.4 Å². The number of halogens is 3. The molecule has 1 N–H and O–H groups in total. The van der Waals surface area contributed by atoms with Gasteiger partial charge in [-0.15, -0.1) is 5.10 Å². The van der Waals surface area contributed by atoms with Crippen molar-refractivity contribution in [3.63, 3.8) is 0 Å². The van der Waals surface area contributed by atoms with Crippen LogP contribution in [0.2, 0.25) is 0 Å². The highest BCUT2D eigenvalue weighted by atomic mass is 19.4. The minimum Gasteiger partial charge on any atom is -0.460 e. The fraction of sp³-hybridized carbons (Fsp3) is 0.138. The Balaban J connectivity index is 1.43. The molecule has 38 heavy (non-hydrogen) atoms. The van der Waals surface area contributed by atoms with Gasteiger partial charge in [-0.2, -0.15) is 18.2 Å². The zero-order valence-electron chi connectivity index (χ0n) is 20.5. The lowest BCUT2D eigenvalue weighted by Crippen LogP contribution is -2.12. The third-order valence-corrected chi connectivity index (χ3v) is 5.76. The van der Waals surface area contributed by atoms with Crippen molar-refractivity contribution in [2.24, 2.45) is 0 Å². The average molecular weight is 517 g/mol. The Kier molecular flexibility index (Phi) is 6.59. The Morgan fingerprint density at radius 3 is 2.34 bits per heavy atom. The number of ether oxygens (including phenoxy) is 1. The van der Waals surface area contributed by atoms with Crippen molar-refractivity contribution in [3.8, 4) is 23.1 Å². The zero-order valence-corrected chi connectivity index (χ0v) is 20.5. The van der Waals surface area contributed by atoms with Crippen LogP contribution in [-0.2, 0) is 6.18 Å². The van der Waals surface area contributed by atoms with Gasteiger partial charge in [0.2, 0.25) is 0 Å². The molecule has 0 radical (unpaired) electrons. The second-order valence-electron chi connectivity index (χ2n) is 8.94. The van der Waals surface area contributed by atoms with Gasteiger partial charge in [-0.25, -0.2) is 4.68 Å². The molecule has 0 fully saturated rings. The Morgan fingerprint density at radius 1 is 0.895 bits per heavy atom. The number of amides is 1. The van der Waals surface area contributed by atoms with Gasteiger partial charge < -0.3 is 10.1 Å². The van der Waals surface area contributed by atoms with Crippen LogP contribution < -0.4 is 10.1 Å². The standard InChI is InChI=1S/C29H23F3N4O2/c1-18(2)38-28-34-26(21-8-5-9-23(17-21)29(30,31)32)36(35-28)25-14-12-24(13-15-25)33-27(37)22-11-10-19-6-3-4-7-20(19)16-22/h3-18H,1-2H3,(H,33,37). The molecule has 0 saturated carbocycles. The van der Waals surface area contributed by atoms with E-state index in [2.05, 4.69) is 15.4 Å². The SMILES string of the molecule is CC(C)Oc1nc(-c2cccc(C(F)(F)F)c2)n(-c2ccc(NC(=O)c3ccc4ccccc4c3)cc2)n1. The van der Waals surface area contributed by atoms with E-state index in [9.17, 15) is 18.0 Å². The molecule has 0 saturated heterocycles. The van der Waals surface area contributed by atoms with Crippen LogP contribution in [0.3, 0.4) is 0 Å². The van der Waals surface area contributed by atoms with Crippen LogP contribution in [-0.4, -0.2) is 26.8 Å². The maximum Gasteiger partial charge on any atom is 0.416 e. The Bertz CT molecular complexity index is 1610. The van der Waals surface area contributed by atoms with Gasteiger partial charge in [-0.1, -0.05) is 42.5 Å². The van der Waals surface area contributed by atoms with Crippen LogP contribution in [0.25, 0.3) is 27.8 Å². The second kappa shape index (κ2) is 10.0. The number of nitrogens with one attached hydrogen (secondary N) is 1. The van der Waals surface area contributed by atoms with Crippen molar-refractivity contribution in [2.45, 2.75) is 26.1 Å². The van der Waals surface area contributed by atoms with E-state index < -0.39 is 11.7 Å². The summed E-state index contributed by atoms with van der Waals surface area (Å²) in [6, 6.07) is 25.0. The summed E-state index contributed by atoms with van der Waals surface area (Å²) in [5.74, 6) is -0.0683. The third kappa shape index (κ3) is 5.36. The average Bonchev–Trinajstić information content (AvgIpc) is 3.31. The van der Waals surface area contributed by atoms with E-state index in [0.717, 1.165) is 22.9 Å². The van der Waals surface area contributed by atoms with Crippen LogP contribution >= 0.6 is 0 Å². The van der Waals surface area contributed by atoms with E-state index in [-0.39, 0.29) is 29.4 Å². The summed E-state index contributed by atoms with van der Waals surface area (Å²) in [4.78, 5) is 17.2. The van der Waals surface area contributed by atoms with E-state index in [0.29, 0.717) is 16.9 Å². The highest BCUT2D eigenvalue weighted by Crippen LogP contribution is 2.33. The molecule has 0 unspecified atom stereocenters. The summed E-state index contributed by atoms with van der Waals surface area (Å²) in [7, 11) is 0. The summed E-state index contributed by atoms with van der Waals surface area (Å²) < 4.78 is 47.0. The topological polar surface area (TPSA) is 69.0 Å². The zero-order chi connectivity index (χ0) is 26.9. The largest absolute Gasteiger partial charge is 0.460 e. The molecule has 0 bridgehead atoms. The Labute approximate surface area is 216 Å². The number of benzene rings is 4. The molecule has 0 spiro atoms. The van der Waals surface area contributed by atoms with Gasteiger partial charge in [0.25, 0.3) is 5.91 Å². The predicted octanol–water partition coefficient (Wildman–Crippen LogP) is 7.15. The highest BCUT2D eigenvalue weighted by molar-refractivity contribution is 6.06. The first-order valence-electron chi connectivity index (χ1n) is 11.9. The number of hydrogen-bond donors (Lipinski definition) is 1. The van der Waals surface area contributed by atoms with Crippen LogP contribution in [0.15, 0.2) is 91.0 Å². The maximum atomic E-state index is 13.3. The van der Waals surface area contributed by atoms with Crippen LogP contribution in [0.1, 0.15) is 29.8 Å². The van der Waals surface area contributed by atoms with Crippen molar-refractivity contribution in [1.29, 1.82) is 0 Å². The van der Waals surface area contributed by atoms with E-state index in [1.165, 1.54) is 16.8 Å². The van der Waals surface area contributed by atoms with E-state index in [1.54, 1.807) is 44.2 Å². The lowest BCUT2D eigenvalue weighted by atomic mass is 10.1. The van der Waals surface area contributed by atoms with Gasteiger partial charge >= 0.3 is 12.2 Å². The van der Waals surface area contributed by atoms with Crippen LogP contribution in [0, 0.1) is 0 Å². The van der Waals surface area contributed by atoms with Crippen LogP contribution in [0.5, 0.6) is 6.01 Å². The lowest BCUT2D eigenvalue weighted by Gasteiger charge is -2.10. The van der Waals surface area contributed by atoms with Crippen molar-refractivity contribution < 1.29 is 22.7 Å². The summed E-state index contributed by atoms with van der Waals surface area (Å²) in [5, 5.41) is 9.24. The molecule has 192 valence electrons. The van der Waals surface area contributed by atoms with Gasteiger partial charge in [-0.05, 0) is 73.2 Å². The number of anilines is 1. The summed E-state index contributed by atoms with van der Waals surface area (Å²) in [6.45, 7) is 3.61. The molecule has 0 atom stereocenters. The molecule has 1 amide bonds. The van der Waals surface area contributed by atoms with E-state index in [4.69, 9.17) is 4.74 Å². The second-order valence-corrected chi connectivity index (χ2v) is 8.94. The Morgan fingerprint density at radius 2 is 1.63 bits per heavy atom. The minimum absolute atomic E-state index is 0.0427. The third-order valence-electron chi connectivity index (χ3n) is 5.76. The number of aromatic nitrogens is 3. The quantitative estimate of drug-likeness (QED) is 0.260. The molecule has 9 heteroatoms. The molecule has 0 aliphatic heterocycles. The monoisotopic (exact) mass is 516 g/mol. The highest BCUT2D eigenvalue weighted by Gasteiger charge is 2.31. The van der Waals surface area contributed by atoms with Crippen molar-refractivity contribution in [2.75, 3.05) is 5.32 Å². The summed E-state index contributed by atoms with van der Waals surface area (Å²) in [5.41, 5.74) is 1.05. The molecule has 0 aliphatic carbocycles. The van der Waals surface area contributed by atoms with Crippen LogP contribution in [0.4, 0.5) is 18.9 Å². The molecular formula is C29H23F3N4O2. The number of alkyl halides is 3. The summed E-state index contributed by atoms with van der Waals surface area (Å²) >= 11 is 0. The molecule has 6 nitrogen and oxygen atoms in total. The predicted molar refractivity (Wildman–Crippen MR) is 139 cm³/mol. The number of carbonyl (C=O) groups is 1. The lowest BCUT2D eigenvalue weighted by molar-refractivity contribution is -0.137. The first kappa shape index (κ1) is 25.0. The first-order valence-corrected chi connectivity index (χ1v) is 11.9. The number of rotatable bonds is 6. The smallest absolute Gasteiger partial charge is 0.416 e. The van der Waals surface area contributed by atoms with Crippen molar-refractivity contribution in [1.82, 2.24) is 14.8 Å². The molecule has 0 aliphatic rings. The number of fused-ring (bicyclic) bond motifs is 1. The van der Waals surface area contributed by atoms with E-state index >= 15 is 0 Å². The van der Waals surface area contributed by atoms with Gasteiger partial charge in [0.05, 0.1) is 17.4 Å². The Hall–Kier alpha value is -4.66. The minimum atomic E-state index is -4.50. The van der Waals surface area contributed by atoms with Gasteiger partial charge in [-0.3, -0.25) is 4.79 Å². The maximum absolute atomic E-state index is 13.3. The molecule has 5 aromatic rings. The number of nitrogens with zero attached hydrogens (tertiary/aromatic N) is 3. The van der Waals surface area contributed by atoms with Gasteiger partial charge in [0.1, 0.15) is 0 Å². The van der Waals surface area contributed by atoms with Crippen molar-refractivity contribution >= 4 is 22.4 Å². The fourth-order valence-corrected chi connectivity index (χ4v) is 3.98. The van der Waals surface area contributed by atoms with Gasteiger partial charge in [0.15, 0.2) is 5.82 Å². The molecule has 1 aromatic heterocycles. The summed E-state index contributed by atoms with van der Waals surface area (Å²) in [6.07, 6.45) is -4.73. The molecule has 1 heterocycles. The normalized spacial score (nSPS) is 11.6. The molecule has 4 aromatic carbocycles. The number of hydrogen-bond acceptors (Lipinski definition) is 4. The van der Waals surface area contributed by atoms with Crippen molar-refractivity contribution in [3.05, 3.63) is 102 Å². The molecular weight excluding hydrogens is 493 g/mol. The number of carbonyl (C=O) groups excluding carboxylic acids is 1. The van der Waals surface area contributed by atoms with Gasteiger partial charge in [0, 0.05) is 16.8 Å².